The van der Waals surface area contributed by atoms with Crippen LogP contribution in [0.5, 0.6) is 0 Å². The molecule has 0 aliphatic carbocycles. The van der Waals surface area contributed by atoms with Crippen molar-refractivity contribution in [1.82, 2.24) is 19.7 Å². The van der Waals surface area contributed by atoms with Crippen molar-refractivity contribution in [3.8, 4) is 11.1 Å². The van der Waals surface area contributed by atoms with Crippen LogP contribution in [0.4, 0.5) is 0 Å². The van der Waals surface area contributed by atoms with E-state index in [1.54, 1.807) is 11.0 Å². The van der Waals surface area contributed by atoms with Crippen LogP contribution in [-0.4, -0.2) is 19.7 Å². The Morgan fingerprint density at radius 3 is 2.76 bits per heavy atom. The second kappa shape index (κ2) is 3.66. The number of aromatic nitrogens is 4. The Balaban J connectivity index is 2.20. The van der Waals surface area contributed by atoms with Gasteiger partial charge in [-0.2, -0.15) is 5.10 Å². The molecule has 0 saturated carbocycles. The fourth-order valence-electron chi connectivity index (χ4n) is 1.94. The molecule has 3 rings (SSSR count). The molecule has 0 bridgehead atoms. The number of nitrogens with zero attached hydrogens (tertiary/aromatic N) is 4. The normalized spacial score (nSPS) is 10.9. The topological polar surface area (TPSA) is 43.6 Å². The first kappa shape index (κ1) is 9.96. The van der Waals surface area contributed by atoms with E-state index in [4.69, 9.17) is 0 Å². The fourth-order valence-corrected chi connectivity index (χ4v) is 1.94. The zero-order valence-electron chi connectivity index (χ0n) is 9.75. The molecule has 2 heterocycles. The van der Waals surface area contributed by atoms with E-state index in [1.165, 1.54) is 0 Å². The Kier molecular flexibility index (Phi) is 2.14. The summed E-state index contributed by atoms with van der Waals surface area (Å²) in [5, 5.41) is 5.27. The average Bonchev–Trinajstić information content (AvgIpc) is 2.76. The summed E-state index contributed by atoms with van der Waals surface area (Å²) in [6, 6.07) is 6.21. The first-order chi connectivity index (χ1) is 8.24. The van der Waals surface area contributed by atoms with Gasteiger partial charge in [0.15, 0.2) is 0 Å². The van der Waals surface area contributed by atoms with E-state index in [-0.39, 0.29) is 0 Å². The van der Waals surface area contributed by atoms with Crippen LogP contribution in [0.15, 0.2) is 36.9 Å². The maximum Gasteiger partial charge on any atom is 0.116 e. The Bertz CT molecular complexity index is 685. The minimum Gasteiger partial charge on any atom is -0.275 e. The lowest BCUT2D eigenvalue weighted by Gasteiger charge is -2.02. The number of rotatable bonds is 1. The fraction of sp³-hybridized carbons (Fsp3) is 0.154. The van der Waals surface area contributed by atoms with E-state index in [1.807, 2.05) is 26.4 Å². The lowest BCUT2D eigenvalue weighted by atomic mass is 10.1. The maximum atomic E-state index is 4.30. The lowest BCUT2D eigenvalue weighted by Crippen LogP contribution is -1.87. The number of hydrogen-bond donors (Lipinski definition) is 0. The van der Waals surface area contributed by atoms with Crippen LogP contribution < -0.4 is 0 Å². The molecule has 0 spiro atoms. The smallest absolute Gasteiger partial charge is 0.116 e. The molecule has 4 nitrogen and oxygen atoms in total. The predicted molar refractivity (Wildman–Crippen MR) is 66.5 cm³/mol. The zero-order valence-corrected chi connectivity index (χ0v) is 9.75. The van der Waals surface area contributed by atoms with Crippen molar-refractivity contribution in [2.45, 2.75) is 6.92 Å². The van der Waals surface area contributed by atoms with Crippen molar-refractivity contribution < 1.29 is 0 Å². The standard InChI is InChI=1S/C13H12N4/c1-9-12-4-3-10(5-13(12)15-8-14-9)11-6-16-17(2)7-11/h3-8H,1-2H3. The quantitative estimate of drug-likeness (QED) is 0.637. The van der Waals surface area contributed by atoms with Gasteiger partial charge in [-0.05, 0) is 18.6 Å². The van der Waals surface area contributed by atoms with Gasteiger partial charge >= 0.3 is 0 Å². The van der Waals surface area contributed by atoms with Crippen LogP contribution >= 0.6 is 0 Å². The van der Waals surface area contributed by atoms with Crippen LogP contribution in [0.1, 0.15) is 5.69 Å². The summed E-state index contributed by atoms with van der Waals surface area (Å²) < 4.78 is 1.80. The van der Waals surface area contributed by atoms with Gasteiger partial charge in [-0.1, -0.05) is 12.1 Å². The minimum absolute atomic E-state index is 0.971. The molecule has 84 valence electrons. The summed E-state index contributed by atoms with van der Waals surface area (Å²) in [7, 11) is 1.91. The van der Waals surface area contributed by atoms with E-state index < -0.39 is 0 Å². The molecule has 4 heteroatoms. The highest BCUT2D eigenvalue weighted by Gasteiger charge is 2.04. The Morgan fingerprint density at radius 2 is 2.00 bits per heavy atom. The third-order valence-electron chi connectivity index (χ3n) is 2.87. The highest BCUT2D eigenvalue weighted by Crippen LogP contribution is 2.23. The lowest BCUT2D eigenvalue weighted by molar-refractivity contribution is 0.768. The summed E-state index contributed by atoms with van der Waals surface area (Å²) in [5.74, 6) is 0. The van der Waals surface area contributed by atoms with Crippen LogP contribution in [0, 0.1) is 6.92 Å². The SMILES string of the molecule is Cc1ncnc2cc(-c3cnn(C)c3)ccc12. The maximum absolute atomic E-state index is 4.30. The van der Waals surface area contributed by atoms with E-state index >= 15 is 0 Å². The first-order valence-corrected chi connectivity index (χ1v) is 5.44. The van der Waals surface area contributed by atoms with Gasteiger partial charge in [-0.15, -0.1) is 0 Å². The molecule has 0 radical (unpaired) electrons. The molecule has 2 aromatic heterocycles. The molecular weight excluding hydrogens is 212 g/mol. The van der Waals surface area contributed by atoms with Gasteiger partial charge in [-0.3, -0.25) is 4.68 Å². The monoisotopic (exact) mass is 224 g/mol. The molecule has 0 unspecified atom stereocenters. The molecule has 1 aromatic carbocycles. The van der Waals surface area contributed by atoms with Gasteiger partial charge < -0.3 is 0 Å². The largest absolute Gasteiger partial charge is 0.275 e. The molecule has 3 aromatic rings. The van der Waals surface area contributed by atoms with Crippen molar-refractivity contribution in [3.05, 3.63) is 42.6 Å². The van der Waals surface area contributed by atoms with Crippen molar-refractivity contribution in [1.29, 1.82) is 0 Å². The Morgan fingerprint density at radius 1 is 1.12 bits per heavy atom. The van der Waals surface area contributed by atoms with Gasteiger partial charge in [-0.25, -0.2) is 9.97 Å². The summed E-state index contributed by atoms with van der Waals surface area (Å²) in [5.41, 5.74) is 4.21. The molecule has 0 N–H and O–H groups in total. The first-order valence-electron chi connectivity index (χ1n) is 5.44. The van der Waals surface area contributed by atoms with Gasteiger partial charge in [0, 0.05) is 29.9 Å². The minimum atomic E-state index is 0.971. The predicted octanol–water partition coefficient (Wildman–Crippen LogP) is 2.34. The second-order valence-electron chi connectivity index (χ2n) is 4.09. The zero-order chi connectivity index (χ0) is 11.8. The number of aryl methyl sites for hydroxylation is 2. The number of hydrogen-bond acceptors (Lipinski definition) is 3. The number of benzene rings is 1. The molecule has 17 heavy (non-hydrogen) atoms. The molecule has 0 amide bonds. The number of fused-ring (bicyclic) bond motifs is 1. The average molecular weight is 224 g/mol. The molecular formula is C13H12N4. The summed E-state index contributed by atoms with van der Waals surface area (Å²) in [4.78, 5) is 8.48. The molecule has 0 aliphatic heterocycles. The molecule has 0 saturated heterocycles. The Hall–Kier alpha value is -2.23. The van der Waals surface area contributed by atoms with Crippen LogP contribution in [0.3, 0.4) is 0 Å². The van der Waals surface area contributed by atoms with Crippen molar-refractivity contribution >= 4 is 10.9 Å². The van der Waals surface area contributed by atoms with Crippen molar-refractivity contribution in [2.75, 3.05) is 0 Å². The van der Waals surface area contributed by atoms with E-state index in [0.29, 0.717) is 0 Å². The second-order valence-corrected chi connectivity index (χ2v) is 4.09. The summed E-state index contributed by atoms with van der Waals surface area (Å²) in [6.45, 7) is 1.99. The van der Waals surface area contributed by atoms with Gasteiger partial charge in [0.2, 0.25) is 0 Å². The molecule has 0 aliphatic rings. The summed E-state index contributed by atoms with van der Waals surface area (Å²) >= 11 is 0. The van der Waals surface area contributed by atoms with Crippen LogP contribution in [0.2, 0.25) is 0 Å². The van der Waals surface area contributed by atoms with E-state index in [9.17, 15) is 0 Å². The van der Waals surface area contributed by atoms with Crippen molar-refractivity contribution in [2.24, 2.45) is 7.05 Å². The Labute approximate surface area is 98.9 Å². The van der Waals surface area contributed by atoms with Gasteiger partial charge in [0.1, 0.15) is 6.33 Å². The molecule has 0 fully saturated rings. The molecule has 0 atom stereocenters. The van der Waals surface area contributed by atoms with Gasteiger partial charge in [0.05, 0.1) is 11.7 Å². The van der Waals surface area contributed by atoms with Crippen molar-refractivity contribution in [3.63, 3.8) is 0 Å². The highest BCUT2D eigenvalue weighted by molar-refractivity contribution is 5.85. The van der Waals surface area contributed by atoms with Crippen LogP contribution in [-0.2, 0) is 7.05 Å². The highest BCUT2D eigenvalue weighted by atomic mass is 15.2. The van der Waals surface area contributed by atoms with Gasteiger partial charge in [0.25, 0.3) is 0 Å². The van der Waals surface area contributed by atoms with E-state index in [0.717, 1.165) is 27.7 Å². The third kappa shape index (κ3) is 1.67. The third-order valence-corrected chi connectivity index (χ3v) is 2.87. The van der Waals surface area contributed by atoms with E-state index in [2.05, 4.69) is 33.3 Å². The summed E-state index contributed by atoms with van der Waals surface area (Å²) in [6.07, 6.45) is 5.45. The van der Waals surface area contributed by atoms with Crippen LogP contribution in [0.25, 0.3) is 22.0 Å².